The fourth-order valence-corrected chi connectivity index (χ4v) is 1.93. The van der Waals surface area contributed by atoms with Gasteiger partial charge >= 0.3 is 0 Å². The van der Waals surface area contributed by atoms with E-state index in [2.05, 4.69) is 25.2 Å². The number of aryl methyl sites for hydroxylation is 2. The van der Waals surface area contributed by atoms with E-state index in [0.717, 1.165) is 17.5 Å². The maximum absolute atomic E-state index is 11.7. The largest absolute Gasteiger partial charge is 0.483 e. The fraction of sp³-hybridized carbons (Fsp3) is 0.500. The number of hydrogen-bond donors (Lipinski definition) is 1. The molecule has 0 unspecified atom stereocenters. The van der Waals surface area contributed by atoms with Crippen LogP contribution in [0.2, 0.25) is 0 Å². The Morgan fingerprint density at radius 2 is 1.95 bits per heavy atom. The zero-order chi connectivity index (χ0) is 15.1. The van der Waals surface area contributed by atoms with Gasteiger partial charge in [0.05, 0.1) is 11.6 Å². The van der Waals surface area contributed by atoms with Crippen LogP contribution in [0.25, 0.3) is 0 Å². The van der Waals surface area contributed by atoms with Crippen LogP contribution in [0, 0.1) is 31.1 Å². The third kappa shape index (κ3) is 4.93. The second-order valence-corrected chi connectivity index (χ2v) is 5.37. The van der Waals surface area contributed by atoms with Gasteiger partial charge in [-0.05, 0) is 49.4 Å². The number of ether oxygens (including phenoxy) is 1. The molecule has 0 saturated heterocycles. The Hall–Kier alpha value is -2.02. The summed E-state index contributed by atoms with van der Waals surface area (Å²) in [5.74, 6) is 1.14. The van der Waals surface area contributed by atoms with Crippen molar-refractivity contribution in [2.75, 3.05) is 13.2 Å². The van der Waals surface area contributed by atoms with Gasteiger partial charge in [0.1, 0.15) is 5.75 Å². The summed E-state index contributed by atoms with van der Waals surface area (Å²) in [5.41, 5.74) is 2.35. The minimum Gasteiger partial charge on any atom is -0.483 e. The number of rotatable bonds is 6. The molecule has 0 saturated carbocycles. The first-order valence-electron chi connectivity index (χ1n) is 6.85. The van der Waals surface area contributed by atoms with Crippen molar-refractivity contribution >= 4 is 5.91 Å². The van der Waals surface area contributed by atoms with Gasteiger partial charge in [-0.1, -0.05) is 13.8 Å². The Morgan fingerprint density at radius 1 is 1.35 bits per heavy atom. The maximum Gasteiger partial charge on any atom is 0.257 e. The zero-order valence-corrected chi connectivity index (χ0v) is 12.6. The van der Waals surface area contributed by atoms with Crippen molar-refractivity contribution in [1.29, 1.82) is 5.26 Å². The third-order valence-corrected chi connectivity index (χ3v) is 2.98. The average molecular weight is 274 g/mol. The summed E-state index contributed by atoms with van der Waals surface area (Å²) in [7, 11) is 0. The highest BCUT2D eigenvalue weighted by molar-refractivity contribution is 5.77. The molecular formula is C16H22N2O2. The van der Waals surface area contributed by atoms with Crippen molar-refractivity contribution in [3.8, 4) is 11.8 Å². The number of carbonyl (C=O) groups excluding carboxylic acids is 1. The van der Waals surface area contributed by atoms with Crippen molar-refractivity contribution in [3.63, 3.8) is 0 Å². The minimum atomic E-state index is -0.117. The predicted octanol–water partition coefficient (Wildman–Crippen LogP) is 2.72. The van der Waals surface area contributed by atoms with E-state index < -0.39 is 0 Å². The van der Waals surface area contributed by atoms with E-state index in [-0.39, 0.29) is 12.5 Å². The van der Waals surface area contributed by atoms with Crippen LogP contribution in [0.5, 0.6) is 5.75 Å². The molecule has 108 valence electrons. The predicted molar refractivity (Wildman–Crippen MR) is 78.6 cm³/mol. The highest BCUT2D eigenvalue weighted by atomic mass is 16.5. The Labute approximate surface area is 120 Å². The van der Waals surface area contributed by atoms with Gasteiger partial charge in [-0.3, -0.25) is 4.79 Å². The van der Waals surface area contributed by atoms with Crippen LogP contribution >= 0.6 is 0 Å². The normalized spacial score (nSPS) is 10.2. The average Bonchev–Trinajstić information content (AvgIpc) is 2.36. The lowest BCUT2D eigenvalue weighted by Crippen LogP contribution is -2.30. The Balaban J connectivity index is 2.54. The molecule has 4 nitrogen and oxygen atoms in total. The number of carbonyl (C=O) groups is 1. The molecular weight excluding hydrogens is 252 g/mol. The molecule has 0 fully saturated rings. The number of hydrogen-bond acceptors (Lipinski definition) is 3. The lowest BCUT2D eigenvalue weighted by Gasteiger charge is -2.13. The second-order valence-electron chi connectivity index (χ2n) is 5.37. The molecule has 0 heterocycles. The van der Waals surface area contributed by atoms with E-state index in [4.69, 9.17) is 10.00 Å². The van der Waals surface area contributed by atoms with Gasteiger partial charge in [0.25, 0.3) is 5.91 Å². The molecule has 0 aliphatic rings. The summed E-state index contributed by atoms with van der Waals surface area (Å²) < 4.78 is 5.56. The molecule has 1 N–H and O–H groups in total. The van der Waals surface area contributed by atoms with Gasteiger partial charge in [-0.25, -0.2) is 0 Å². The summed E-state index contributed by atoms with van der Waals surface area (Å²) in [6.45, 7) is 8.66. The lowest BCUT2D eigenvalue weighted by molar-refractivity contribution is -0.123. The maximum atomic E-state index is 11.7. The van der Waals surface area contributed by atoms with E-state index >= 15 is 0 Å². The molecule has 0 aliphatic carbocycles. The van der Waals surface area contributed by atoms with Crippen molar-refractivity contribution in [3.05, 3.63) is 28.8 Å². The molecule has 1 amide bonds. The van der Waals surface area contributed by atoms with Gasteiger partial charge in [0.2, 0.25) is 0 Å². The van der Waals surface area contributed by atoms with Crippen LogP contribution in [0.1, 0.15) is 37.0 Å². The molecule has 20 heavy (non-hydrogen) atoms. The second kappa shape index (κ2) is 7.54. The van der Waals surface area contributed by atoms with Crippen LogP contribution < -0.4 is 10.1 Å². The highest BCUT2D eigenvalue weighted by Gasteiger charge is 2.09. The van der Waals surface area contributed by atoms with Gasteiger partial charge in [-0.15, -0.1) is 0 Å². The molecule has 0 aromatic heterocycles. The fourth-order valence-electron chi connectivity index (χ4n) is 1.93. The van der Waals surface area contributed by atoms with E-state index in [1.54, 1.807) is 12.1 Å². The smallest absolute Gasteiger partial charge is 0.257 e. The zero-order valence-electron chi connectivity index (χ0n) is 12.6. The summed E-state index contributed by atoms with van der Waals surface area (Å²) in [6.07, 6.45) is 0.959. The van der Waals surface area contributed by atoms with Gasteiger partial charge in [-0.2, -0.15) is 5.26 Å². The quantitative estimate of drug-likeness (QED) is 0.867. The Morgan fingerprint density at radius 3 is 2.45 bits per heavy atom. The van der Waals surface area contributed by atoms with Crippen LogP contribution in [0.4, 0.5) is 0 Å². The number of amides is 1. The van der Waals surface area contributed by atoms with Gasteiger partial charge < -0.3 is 10.1 Å². The number of nitrogens with zero attached hydrogens (tertiary/aromatic N) is 1. The molecule has 0 aliphatic heterocycles. The molecule has 0 radical (unpaired) electrons. The Kier molecular flexibility index (Phi) is 6.05. The van der Waals surface area contributed by atoms with Crippen molar-refractivity contribution in [1.82, 2.24) is 5.32 Å². The van der Waals surface area contributed by atoms with E-state index in [0.29, 0.717) is 23.8 Å². The van der Waals surface area contributed by atoms with Gasteiger partial charge in [0, 0.05) is 6.54 Å². The Bertz CT molecular complexity index is 493. The standard InChI is InChI=1S/C16H22N2O2/c1-11(2)5-6-18-15(19)10-20-16-12(3)7-14(9-17)8-13(16)4/h7-8,11H,5-6,10H2,1-4H3,(H,18,19). The molecule has 0 atom stereocenters. The molecule has 0 spiro atoms. The molecule has 1 rings (SSSR count). The summed E-state index contributed by atoms with van der Waals surface area (Å²) in [5, 5.41) is 11.7. The summed E-state index contributed by atoms with van der Waals surface area (Å²) in [6, 6.07) is 5.63. The first-order valence-corrected chi connectivity index (χ1v) is 6.85. The first kappa shape index (κ1) is 16.0. The number of nitriles is 1. The van der Waals surface area contributed by atoms with E-state index in [1.807, 2.05) is 13.8 Å². The monoisotopic (exact) mass is 274 g/mol. The summed E-state index contributed by atoms with van der Waals surface area (Å²) in [4.78, 5) is 11.7. The third-order valence-electron chi connectivity index (χ3n) is 2.98. The summed E-state index contributed by atoms with van der Waals surface area (Å²) >= 11 is 0. The molecule has 1 aromatic rings. The minimum absolute atomic E-state index is 0.00563. The number of nitrogens with one attached hydrogen (secondary N) is 1. The lowest BCUT2D eigenvalue weighted by atomic mass is 10.1. The van der Waals surface area contributed by atoms with Crippen LogP contribution in [0.3, 0.4) is 0 Å². The SMILES string of the molecule is Cc1cc(C#N)cc(C)c1OCC(=O)NCCC(C)C. The van der Waals surface area contributed by atoms with Gasteiger partial charge in [0.15, 0.2) is 6.61 Å². The highest BCUT2D eigenvalue weighted by Crippen LogP contribution is 2.24. The van der Waals surface area contributed by atoms with Crippen LogP contribution in [-0.4, -0.2) is 19.1 Å². The number of benzene rings is 1. The molecule has 4 heteroatoms. The van der Waals surface area contributed by atoms with Crippen LogP contribution in [0.15, 0.2) is 12.1 Å². The van der Waals surface area contributed by atoms with E-state index in [1.165, 1.54) is 0 Å². The topological polar surface area (TPSA) is 62.1 Å². The van der Waals surface area contributed by atoms with Crippen LogP contribution in [-0.2, 0) is 4.79 Å². The van der Waals surface area contributed by atoms with Crippen molar-refractivity contribution < 1.29 is 9.53 Å². The van der Waals surface area contributed by atoms with E-state index in [9.17, 15) is 4.79 Å². The first-order chi connectivity index (χ1) is 9.43. The molecule has 1 aromatic carbocycles. The van der Waals surface area contributed by atoms with Crippen molar-refractivity contribution in [2.24, 2.45) is 5.92 Å². The van der Waals surface area contributed by atoms with Crippen molar-refractivity contribution in [2.45, 2.75) is 34.1 Å². The molecule has 0 bridgehead atoms.